The highest BCUT2D eigenvalue weighted by Gasteiger charge is 2.23. The summed E-state index contributed by atoms with van der Waals surface area (Å²) < 4.78 is 5.63. The Kier molecular flexibility index (Phi) is 6.46. The molecule has 2 aliphatic rings. The lowest BCUT2D eigenvalue weighted by atomic mass is 9.97. The minimum atomic E-state index is 0.177. The van der Waals surface area contributed by atoms with E-state index in [-0.39, 0.29) is 6.10 Å². The normalized spacial score (nSPS) is 23.5. The zero-order chi connectivity index (χ0) is 16.8. The Morgan fingerprint density at radius 1 is 1.21 bits per heavy atom. The van der Waals surface area contributed by atoms with Crippen LogP contribution >= 0.6 is 0 Å². The summed E-state index contributed by atoms with van der Waals surface area (Å²) in [4.78, 5) is 9.66. The van der Waals surface area contributed by atoms with Crippen LogP contribution in [0.4, 0.5) is 0 Å². The van der Waals surface area contributed by atoms with Crippen LogP contribution < -0.4 is 10.1 Å². The molecule has 134 valence electrons. The maximum Gasteiger partial charge on any atom is 0.213 e. The van der Waals surface area contributed by atoms with Crippen molar-refractivity contribution in [1.29, 1.82) is 0 Å². The number of aromatic nitrogens is 1. The molecule has 1 N–H and O–H groups in total. The summed E-state index contributed by atoms with van der Waals surface area (Å²) >= 11 is 0. The van der Waals surface area contributed by atoms with Crippen molar-refractivity contribution in [3.8, 4) is 5.88 Å². The van der Waals surface area contributed by atoms with E-state index in [0.29, 0.717) is 0 Å². The Bertz CT molecular complexity index is 485. The van der Waals surface area contributed by atoms with Gasteiger partial charge in [0.25, 0.3) is 0 Å². The molecule has 2 fully saturated rings. The molecule has 0 unspecified atom stereocenters. The number of hydrogen-bond acceptors (Lipinski definition) is 5. The second-order valence-electron chi connectivity index (χ2n) is 7.47. The van der Waals surface area contributed by atoms with Gasteiger partial charge in [-0.2, -0.15) is 0 Å². The molecule has 0 aliphatic carbocycles. The van der Waals surface area contributed by atoms with Crippen LogP contribution in [0.2, 0.25) is 0 Å². The fourth-order valence-electron chi connectivity index (χ4n) is 3.78. The average Bonchev–Trinajstić information content (AvgIpc) is 2.57. The summed E-state index contributed by atoms with van der Waals surface area (Å²) in [6, 6.07) is 4.15. The number of ether oxygens (including phenoxy) is 1. The Labute approximate surface area is 146 Å². The first kappa shape index (κ1) is 17.6. The lowest BCUT2D eigenvalue weighted by Crippen LogP contribution is -2.47. The molecule has 2 aliphatic heterocycles. The summed E-state index contributed by atoms with van der Waals surface area (Å²) in [5.74, 6) is 1.54. The number of rotatable bonds is 6. The zero-order valence-corrected chi connectivity index (χ0v) is 15.2. The number of likely N-dealkylation sites (tertiary alicyclic amines) is 1. The third-order valence-electron chi connectivity index (χ3n) is 4.89. The Balaban J connectivity index is 1.47. The molecule has 5 heteroatoms. The van der Waals surface area contributed by atoms with Crippen LogP contribution in [-0.2, 0) is 6.54 Å². The average molecular weight is 332 g/mol. The molecule has 0 saturated carbocycles. The van der Waals surface area contributed by atoms with Crippen molar-refractivity contribution in [3.05, 3.63) is 23.9 Å². The van der Waals surface area contributed by atoms with Crippen molar-refractivity contribution in [1.82, 2.24) is 20.1 Å². The van der Waals surface area contributed by atoms with Gasteiger partial charge in [-0.1, -0.05) is 6.07 Å². The SMILES string of the molecule is CC(C)Oc1ccc(CN2CCC[C@@H](CN3CCNCC3)C2)cn1. The zero-order valence-electron chi connectivity index (χ0n) is 15.2. The number of nitrogens with one attached hydrogen (secondary N) is 1. The largest absolute Gasteiger partial charge is 0.475 e. The van der Waals surface area contributed by atoms with Crippen molar-refractivity contribution in [2.45, 2.75) is 39.3 Å². The van der Waals surface area contributed by atoms with Gasteiger partial charge in [0, 0.05) is 58.1 Å². The third kappa shape index (κ3) is 5.43. The topological polar surface area (TPSA) is 40.6 Å². The van der Waals surface area contributed by atoms with Gasteiger partial charge < -0.3 is 15.0 Å². The van der Waals surface area contributed by atoms with Gasteiger partial charge in [0.2, 0.25) is 5.88 Å². The molecular formula is C19H32N4O. The van der Waals surface area contributed by atoms with Crippen LogP contribution in [0, 0.1) is 5.92 Å². The van der Waals surface area contributed by atoms with Crippen molar-refractivity contribution >= 4 is 0 Å². The third-order valence-corrected chi connectivity index (χ3v) is 4.89. The van der Waals surface area contributed by atoms with Crippen molar-refractivity contribution in [2.24, 2.45) is 5.92 Å². The maximum absolute atomic E-state index is 5.63. The van der Waals surface area contributed by atoms with Crippen LogP contribution in [0.3, 0.4) is 0 Å². The van der Waals surface area contributed by atoms with Crippen molar-refractivity contribution in [3.63, 3.8) is 0 Å². The van der Waals surface area contributed by atoms with E-state index in [9.17, 15) is 0 Å². The Morgan fingerprint density at radius 2 is 2.04 bits per heavy atom. The number of pyridine rings is 1. The van der Waals surface area contributed by atoms with Gasteiger partial charge in [-0.05, 0) is 44.7 Å². The standard InChI is InChI=1S/C19H32N4O/c1-16(2)24-19-6-5-17(12-21-19)13-23-9-3-4-18(15-23)14-22-10-7-20-8-11-22/h5-6,12,16,18,20H,3-4,7-11,13-15H2,1-2H3/t18-/m0/s1. The second kappa shape index (κ2) is 8.79. The molecule has 3 rings (SSSR count). The van der Waals surface area contributed by atoms with Crippen molar-refractivity contribution < 1.29 is 4.74 Å². The molecule has 1 aromatic heterocycles. The molecule has 0 spiro atoms. The van der Waals surface area contributed by atoms with Gasteiger partial charge in [0.15, 0.2) is 0 Å². The molecule has 0 bridgehead atoms. The van der Waals surface area contributed by atoms with E-state index in [0.717, 1.165) is 31.4 Å². The first-order valence-electron chi connectivity index (χ1n) is 9.46. The predicted octanol–water partition coefficient (Wildman–Crippen LogP) is 1.99. The van der Waals surface area contributed by atoms with E-state index in [1.54, 1.807) is 0 Å². The van der Waals surface area contributed by atoms with E-state index in [4.69, 9.17) is 4.74 Å². The fraction of sp³-hybridized carbons (Fsp3) is 0.737. The van der Waals surface area contributed by atoms with Gasteiger partial charge >= 0.3 is 0 Å². The van der Waals surface area contributed by atoms with E-state index in [1.807, 2.05) is 26.1 Å². The molecular weight excluding hydrogens is 300 g/mol. The Morgan fingerprint density at radius 3 is 2.75 bits per heavy atom. The molecule has 1 atom stereocenters. The molecule has 0 aromatic carbocycles. The van der Waals surface area contributed by atoms with Gasteiger partial charge in [-0.3, -0.25) is 4.90 Å². The fourth-order valence-corrected chi connectivity index (χ4v) is 3.78. The highest BCUT2D eigenvalue weighted by Crippen LogP contribution is 2.20. The van der Waals surface area contributed by atoms with Crippen LogP contribution in [0.15, 0.2) is 18.3 Å². The summed E-state index contributed by atoms with van der Waals surface area (Å²) in [6.07, 6.45) is 4.84. The van der Waals surface area contributed by atoms with Gasteiger partial charge in [-0.25, -0.2) is 4.98 Å². The minimum Gasteiger partial charge on any atom is -0.475 e. The first-order valence-corrected chi connectivity index (χ1v) is 9.46. The number of piperidine rings is 1. The molecule has 3 heterocycles. The molecule has 5 nitrogen and oxygen atoms in total. The highest BCUT2D eigenvalue weighted by molar-refractivity contribution is 5.18. The van der Waals surface area contributed by atoms with Crippen molar-refractivity contribution in [2.75, 3.05) is 45.8 Å². The lowest BCUT2D eigenvalue weighted by molar-refractivity contribution is 0.121. The molecule has 1 aromatic rings. The van der Waals surface area contributed by atoms with Crippen LogP contribution in [0.5, 0.6) is 5.88 Å². The van der Waals surface area contributed by atoms with Gasteiger partial charge in [0.05, 0.1) is 6.10 Å². The maximum atomic E-state index is 5.63. The summed E-state index contributed by atoms with van der Waals surface area (Å²) in [5, 5.41) is 3.44. The molecule has 2 saturated heterocycles. The predicted molar refractivity (Wildman–Crippen MR) is 97.3 cm³/mol. The Hall–Kier alpha value is -1.17. The summed E-state index contributed by atoms with van der Waals surface area (Å²) in [5.41, 5.74) is 1.29. The number of nitrogens with zero attached hydrogens (tertiary/aromatic N) is 3. The first-order chi connectivity index (χ1) is 11.7. The van der Waals surface area contributed by atoms with Crippen LogP contribution in [0.1, 0.15) is 32.3 Å². The van der Waals surface area contributed by atoms with E-state index in [2.05, 4.69) is 26.2 Å². The lowest BCUT2D eigenvalue weighted by Gasteiger charge is -2.37. The molecule has 24 heavy (non-hydrogen) atoms. The number of piperazine rings is 1. The summed E-state index contributed by atoms with van der Waals surface area (Å²) in [6.45, 7) is 13.5. The summed E-state index contributed by atoms with van der Waals surface area (Å²) in [7, 11) is 0. The second-order valence-corrected chi connectivity index (χ2v) is 7.47. The minimum absolute atomic E-state index is 0.177. The van der Waals surface area contributed by atoms with E-state index < -0.39 is 0 Å². The highest BCUT2D eigenvalue weighted by atomic mass is 16.5. The van der Waals surface area contributed by atoms with Gasteiger partial charge in [-0.15, -0.1) is 0 Å². The van der Waals surface area contributed by atoms with E-state index >= 15 is 0 Å². The quantitative estimate of drug-likeness (QED) is 0.863. The molecule has 0 amide bonds. The van der Waals surface area contributed by atoms with Crippen LogP contribution in [0.25, 0.3) is 0 Å². The van der Waals surface area contributed by atoms with E-state index in [1.165, 1.54) is 51.1 Å². The van der Waals surface area contributed by atoms with Gasteiger partial charge in [0.1, 0.15) is 0 Å². The monoisotopic (exact) mass is 332 g/mol. The number of hydrogen-bond donors (Lipinski definition) is 1. The van der Waals surface area contributed by atoms with Crippen LogP contribution in [-0.4, -0.2) is 66.7 Å². The molecule has 0 radical (unpaired) electrons. The smallest absolute Gasteiger partial charge is 0.213 e.